The second-order valence-corrected chi connectivity index (χ2v) is 4.75. The van der Waals surface area contributed by atoms with Crippen LogP contribution in [0, 0.1) is 0 Å². The van der Waals surface area contributed by atoms with Crippen molar-refractivity contribution in [1.82, 2.24) is 20.2 Å². The number of carbonyl (C=O) groups is 1. The summed E-state index contributed by atoms with van der Waals surface area (Å²) in [7, 11) is 0. The molecule has 1 aromatic heterocycles. The van der Waals surface area contributed by atoms with Crippen molar-refractivity contribution in [3.63, 3.8) is 0 Å². The zero-order valence-electron chi connectivity index (χ0n) is 9.58. The minimum atomic E-state index is -0.361. The van der Waals surface area contributed by atoms with Gasteiger partial charge in [0.25, 0.3) is 0 Å². The van der Waals surface area contributed by atoms with E-state index in [1.54, 1.807) is 4.68 Å². The van der Waals surface area contributed by atoms with Crippen LogP contribution in [0.1, 0.15) is 17.8 Å². The maximum Gasteiger partial charge on any atom is 0.219 e. The molecule has 0 aliphatic heterocycles. The molecule has 1 amide bonds. The van der Waals surface area contributed by atoms with Gasteiger partial charge in [0.2, 0.25) is 5.91 Å². The quantitative estimate of drug-likeness (QED) is 0.889. The fourth-order valence-corrected chi connectivity index (χ4v) is 1.79. The van der Waals surface area contributed by atoms with Crippen LogP contribution >= 0.6 is 15.9 Å². The third-order valence-corrected chi connectivity index (χ3v) is 2.98. The summed E-state index contributed by atoms with van der Waals surface area (Å²) >= 11 is 3.38. The van der Waals surface area contributed by atoms with Crippen LogP contribution in [0.5, 0.6) is 0 Å². The standard InChI is InChI=1S/C11H12BrN5O/c12-9-3-1-8(2-4-9)7-11-14-15-16-17(11)6-5-10(13)18/h1-4H,5-7H2,(H2,13,18). The van der Waals surface area contributed by atoms with Gasteiger partial charge in [0.05, 0.1) is 6.54 Å². The molecule has 2 rings (SSSR count). The molecule has 2 aromatic rings. The van der Waals surface area contributed by atoms with Crippen molar-refractivity contribution in [3.05, 3.63) is 40.1 Å². The molecule has 7 heteroatoms. The Morgan fingerprint density at radius 1 is 1.33 bits per heavy atom. The van der Waals surface area contributed by atoms with Crippen LogP contribution < -0.4 is 5.73 Å². The lowest BCUT2D eigenvalue weighted by atomic mass is 10.1. The second kappa shape index (κ2) is 5.72. The first-order valence-electron chi connectivity index (χ1n) is 5.43. The summed E-state index contributed by atoms with van der Waals surface area (Å²) in [6, 6.07) is 7.92. The van der Waals surface area contributed by atoms with Crippen LogP contribution in [0.15, 0.2) is 28.7 Å². The largest absolute Gasteiger partial charge is 0.370 e. The third-order valence-electron chi connectivity index (χ3n) is 2.45. The van der Waals surface area contributed by atoms with Crippen molar-refractivity contribution >= 4 is 21.8 Å². The third kappa shape index (κ3) is 3.36. The molecule has 0 radical (unpaired) electrons. The summed E-state index contributed by atoms with van der Waals surface area (Å²) in [5.41, 5.74) is 6.21. The van der Waals surface area contributed by atoms with Crippen LogP contribution in [0.3, 0.4) is 0 Å². The van der Waals surface area contributed by atoms with Gasteiger partial charge in [-0.1, -0.05) is 28.1 Å². The van der Waals surface area contributed by atoms with E-state index in [0.29, 0.717) is 13.0 Å². The van der Waals surface area contributed by atoms with E-state index in [1.807, 2.05) is 24.3 Å². The Morgan fingerprint density at radius 3 is 2.72 bits per heavy atom. The van der Waals surface area contributed by atoms with E-state index in [2.05, 4.69) is 31.5 Å². The van der Waals surface area contributed by atoms with Crippen molar-refractivity contribution in [2.75, 3.05) is 0 Å². The predicted octanol–water partition coefficient (Wildman–Crippen LogP) is 0.902. The minimum absolute atomic E-state index is 0.235. The van der Waals surface area contributed by atoms with Crippen LogP contribution in [0.25, 0.3) is 0 Å². The SMILES string of the molecule is NC(=O)CCn1nnnc1Cc1ccc(Br)cc1. The Labute approximate surface area is 112 Å². The molecule has 0 bridgehead atoms. The molecule has 0 saturated heterocycles. The number of aromatic nitrogens is 4. The molecule has 18 heavy (non-hydrogen) atoms. The normalized spacial score (nSPS) is 10.5. The summed E-state index contributed by atoms with van der Waals surface area (Å²) in [6.07, 6.45) is 0.859. The zero-order valence-corrected chi connectivity index (χ0v) is 11.2. The number of carbonyl (C=O) groups excluding carboxylic acids is 1. The number of halogens is 1. The first-order chi connectivity index (χ1) is 8.65. The maximum atomic E-state index is 10.7. The molecule has 6 nitrogen and oxygen atoms in total. The molecular formula is C11H12BrN5O. The number of tetrazole rings is 1. The lowest BCUT2D eigenvalue weighted by Crippen LogP contribution is -2.16. The highest BCUT2D eigenvalue weighted by Gasteiger charge is 2.08. The van der Waals surface area contributed by atoms with Gasteiger partial charge in [-0.3, -0.25) is 4.79 Å². The van der Waals surface area contributed by atoms with E-state index in [-0.39, 0.29) is 12.3 Å². The summed E-state index contributed by atoms with van der Waals surface area (Å²) in [5.74, 6) is 0.360. The van der Waals surface area contributed by atoms with Crippen LogP contribution in [0.2, 0.25) is 0 Å². The molecule has 0 atom stereocenters. The van der Waals surface area contributed by atoms with E-state index in [0.717, 1.165) is 15.9 Å². The summed E-state index contributed by atoms with van der Waals surface area (Å²) < 4.78 is 2.63. The van der Waals surface area contributed by atoms with Crippen LogP contribution in [-0.2, 0) is 17.8 Å². The molecule has 0 aliphatic rings. The number of aryl methyl sites for hydroxylation is 1. The van der Waals surface area contributed by atoms with Gasteiger partial charge in [-0.05, 0) is 28.1 Å². The van der Waals surface area contributed by atoms with Crippen molar-refractivity contribution in [3.8, 4) is 0 Å². The van der Waals surface area contributed by atoms with Crippen LogP contribution in [-0.4, -0.2) is 26.1 Å². The van der Waals surface area contributed by atoms with Gasteiger partial charge >= 0.3 is 0 Å². The van der Waals surface area contributed by atoms with Gasteiger partial charge in [-0.2, -0.15) is 0 Å². The lowest BCUT2D eigenvalue weighted by Gasteiger charge is -2.03. The zero-order chi connectivity index (χ0) is 13.0. The Kier molecular flexibility index (Phi) is 4.03. The van der Waals surface area contributed by atoms with Crippen LogP contribution in [0.4, 0.5) is 0 Å². The Bertz CT molecular complexity index is 537. The van der Waals surface area contributed by atoms with Crippen molar-refractivity contribution in [2.45, 2.75) is 19.4 Å². The summed E-state index contributed by atoms with van der Waals surface area (Å²) in [5, 5.41) is 11.4. The molecule has 94 valence electrons. The average Bonchev–Trinajstić information content (AvgIpc) is 2.77. The number of benzene rings is 1. The van der Waals surface area contributed by atoms with Crippen molar-refractivity contribution in [2.24, 2.45) is 5.73 Å². The summed E-state index contributed by atoms with van der Waals surface area (Å²) in [6.45, 7) is 0.411. The molecule has 1 heterocycles. The molecule has 0 saturated carbocycles. The number of hydrogen-bond donors (Lipinski definition) is 1. The maximum absolute atomic E-state index is 10.7. The minimum Gasteiger partial charge on any atom is -0.370 e. The average molecular weight is 310 g/mol. The van der Waals surface area contributed by atoms with E-state index >= 15 is 0 Å². The highest BCUT2D eigenvalue weighted by molar-refractivity contribution is 9.10. The van der Waals surface area contributed by atoms with E-state index < -0.39 is 0 Å². The smallest absolute Gasteiger partial charge is 0.219 e. The molecule has 0 spiro atoms. The number of amides is 1. The molecule has 2 N–H and O–H groups in total. The Hall–Kier alpha value is -1.76. The van der Waals surface area contributed by atoms with E-state index in [1.165, 1.54) is 0 Å². The monoisotopic (exact) mass is 309 g/mol. The van der Waals surface area contributed by atoms with Gasteiger partial charge in [-0.25, -0.2) is 4.68 Å². The highest BCUT2D eigenvalue weighted by atomic mass is 79.9. The van der Waals surface area contributed by atoms with Gasteiger partial charge in [0.15, 0.2) is 5.82 Å². The van der Waals surface area contributed by atoms with Gasteiger partial charge in [0.1, 0.15) is 0 Å². The first kappa shape index (κ1) is 12.7. The predicted molar refractivity (Wildman–Crippen MR) is 68.6 cm³/mol. The number of hydrogen-bond acceptors (Lipinski definition) is 4. The lowest BCUT2D eigenvalue weighted by molar-refractivity contribution is -0.118. The van der Waals surface area contributed by atoms with E-state index in [4.69, 9.17) is 5.73 Å². The fourth-order valence-electron chi connectivity index (χ4n) is 1.52. The summed E-state index contributed by atoms with van der Waals surface area (Å²) in [4.78, 5) is 10.7. The number of nitrogens with zero attached hydrogens (tertiary/aromatic N) is 4. The van der Waals surface area contributed by atoms with Gasteiger partial charge in [-0.15, -0.1) is 5.10 Å². The molecule has 0 fully saturated rings. The van der Waals surface area contributed by atoms with E-state index in [9.17, 15) is 4.79 Å². The van der Waals surface area contributed by atoms with Gasteiger partial charge < -0.3 is 5.73 Å². The van der Waals surface area contributed by atoms with Gasteiger partial charge in [0, 0.05) is 17.3 Å². The molecular weight excluding hydrogens is 298 g/mol. The molecule has 0 unspecified atom stereocenters. The topological polar surface area (TPSA) is 86.7 Å². The fraction of sp³-hybridized carbons (Fsp3) is 0.273. The number of primary amides is 1. The van der Waals surface area contributed by atoms with Crippen molar-refractivity contribution in [1.29, 1.82) is 0 Å². The van der Waals surface area contributed by atoms with Crippen molar-refractivity contribution < 1.29 is 4.79 Å². The number of rotatable bonds is 5. The Morgan fingerprint density at radius 2 is 2.06 bits per heavy atom. The first-order valence-corrected chi connectivity index (χ1v) is 6.22. The highest BCUT2D eigenvalue weighted by Crippen LogP contribution is 2.12. The molecule has 1 aromatic carbocycles. The second-order valence-electron chi connectivity index (χ2n) is 3.84. The number of nitrogens with two attached hydrogens (primary N) is 1. The Balaban J connectivity index is 2.07. The molecule has 0 aliphatic carbocycles.